The van der Waals surface area contributed by atoms with Gasteiger partial charge in [0.2, 0.25) is 6.19 Å². The number of nitriles is 1. The van der Waals surface area contributed by atoms with Gasteiger partial charge in [0, 0.05) is 16.1 Å². The topological polar surface area (TPSA) is 64.4 Å². The Labute approximate surface area is 158 Å². The highest BCUT2D eigenvalue weighted by Crippen LogP contribution is 2.23. The zero-order valence-electron chi connectivity index (χ0n) is 15.2. The second-order valence-electron chi connectivity index (χ2n) is 6.88. The first-order valence-corrected chi connectivity index (χ1v) is 8.44. The lowest BCUT2D eigenvalue weighted by Crippen LogP contribution is -2.56. The number of carbonyl (C=O) groups is 2. The van der Waals surface area contributed by atoms with Crippen molar-refractivity contribution in [3.05, 3.63) is 70.2 Å². The van der Waals surface area contributed by atoms with Crippen LogP contribution in [-0.4, -0.2) is 27.4 Å². The van der Waals surface area contributed by atoms with E-state index < -0.39 is 17.4 Å². The first-order valence-electron chi connectivity index (χ1n) is 8.06. The van der Waals surface area contributed by atoms with Crippen molar-refractivity contribution >= 4 is 23.4 Å². The number of rotatable bonds is 2. The van der Waals surface area contributed by atoms with Gasteiger partial charge in [-0.2, -0.15) is 5.26 Å². The lowest BCUT2D eigenvalue weighted by Gasteiger charge is -2.39. The minimum absolute atomic E-state index is 0.296. The summed E-state index contributed by atoms with van der Waals surface area (Å²) in [5.41, 5.74) is 0.803. The number of hydrogen-bond donors (Lipinski definition) is 0. The van der Waals surface area contributed by atoms with E-state index in [-0.39, 0.29) is 0 Å². The third kappa shape index (κ3) is 4.22. The van der Waals surface area contributed by atoms with E-state index in [1.165, 1.54) is 6.07 Å². The van der Waals surface area contributed by atoms with E-state index in [0.29, 0.717) is 16.1 Å². The number of hydrazine groups is 1. The first kappa shape index (κ1) is 19.5. The molecule has 0 aromatic heterocycles. The van der Waals surface area contributed by atoms with Crippen molar-refractivity contribution in [1.82, 2.24) is 10.0 Å². The van der Waals surface area contributed by atoms with Crippen LogP contribution in [0.4, 0.5) is 0 Å². The molecule has 0 N–H and O–H groups in total. The van der Waals surface area contributed by atoms with Gasteiger partial charge in [-0.25, -0.2) is 5.01 Å². The fraction of sp³-hybridized carbons (Fsp3) is 0.250. The summed E-state index contributed by atoms with van der Waals surface area (Å²) in [6.07, 6.45) is 1.84. The van der Waals surface area contributed by atoms with Gasteiger partial charge in [-0.05, 0) is 58.0 Å². The summed E-state index contributed by atoms with van der Waals surface area (Å²) in [6.45, 7) is 7.16. The van der Waals surface area contributed by atoms with E-state index in [1.54, 1.807) is 63.2 Å². The van der Waals surface area contributed by atoms with Crippen LogP contribution in [0.2, 0.25) is 5.02 Å². The van der Waals surface area contributed by atoms with Gasteiger partial charge in [-0.3, -0.25) is 9.59 Å². The molecule has 0 aliphatic carbocycles. The number of aryl methyl sites for hydroxylation is 1. The molecule has 0 spiro atoms. The molecular formula is C20H20ClN3O2. The molecule has 2 aromatic rings. The molecule has 2 aromatic carbocycles. The molecule has 0 radical (unpaired) electrons. The normalized spacial score (nSPS) is 10.8. The molecule has 0 atom stereocenters. The van der Waals surface area contributed by atoms with Crippen molar-refractivity contribution in [2.75, 3.05) is 0 Å². The molecule has 6 heteroatoms. The summed E-state index contributed by atoms with van der Waals surface area (Å²) < 4.78 is 0. The van der Waals surface area contributed by atoms with Gasteiger partial charge in [-0.1, -0.05) is 35.4 Å². The summed E-state index contributed by atoms with van der Waals surface area (Å²) in [7, 11) is 0. The fourth-order valence-corrected chi connectivity index (χ4v) is 2.63. The molecule has 2 amide bonds. The standard InChI is InChI=1S/C20H20ClN3O2/c1-14-8-10-15(11-9-14)18(25)23(13-22)24(20(2,3)4)19(26)16-6-5-7-17(21)12-16/h5-12H,1-4H3. The van der Waals surface area contributed by atoms with E-state index in [1.807, 2.05) is 13.1 Å². The number of amides is 2. The fourth-order valence-electron chi connectivity index (χ4n) is 2.44. The largest absolute Gasteiger partial charge is 0.286 e. The molecule has 5 nitrogen and oxygen atoms in total. The van der Waals surface area contributed by atoms with Crippen molar-refractivity contribution in [2.24, 2.45) is 0 Å². The number of hydrogen-bond acceptors (Lipinski definition) is 3. The first-order chi connectivity index (χ1) is 12.1. The second-order valence-corrected chi connectivity index (χ2v) is 7.32. The predicted molar refractivity (Wildman–Crippen MR) is 100 cm³/mol. The average molecular weight is 370 g/mol. The maximum atomic E-state index is 13.1. The van der Waals surface area contributed by atoms with Gasteiger partial charge in [0.05, 0.1) is 5.54 Å². The maximum Gasteiger partial charge on any atom is 0.286 e. The van der Waals surface area contributed by atoms with Crippen molar-refractivity contribution in [3.63, 3.8) is 0 Å². The van der Waals surface area contributed by atoms with Gasteiger partial charge >= 0.3 is 0 Å². The number of carbonyl (C=O) groups excluding carboxylic acids is 2. The molecule has 0 heterocycles. The van der Waals surface area contributed by atoms with Crippen molar-refractivity contribution in [2.45, 2.75) is 33.2 Å². The van der Waals surface area contributed by atoms with Crippen LogP contribution >= 0.6 is 11.6 Å². The monoisotopic (exact) mass is 369 g/mol. The Morgan fingerprint density at radius 3 is 2.12 bits per heavy atom. The summed E-state index contributed by atoms with van der Waals surface area (Å²) in [4.78, 5) is 25.9. The molecule has 0 unspecified atom stereocenters. The quantitative estimate of drug-likeness (QED) is 0.447. The maximum absolute atomic E-state index is 13.1. The highest BCUT2D eigenvalue weighted by molar-refractivity contribution is 6.31. The van der Waals surface area contributed by atoms with Crippen molar-refractivity contribution in [3.8, 4) is 6.19 Å². The van der Waals surface area contributed by atoms with E-state index >= 15 is 0 Å². The Morgan fingerprint density at radius 1 is 1.00 bits per heavy atom. The third-order valence-electron chi connectivity index (χ3n) is 3.68. The predicted octanol–water partition coefficient (Wildman–Crippen LogP) is 4.43. The Balaban J connectivity index is 2.47. The number of halogens is 1. The molecular weight excluding hydrogens is 350 g/mol. The van der Waals surface area contributed by atoms with Crippen molar-refractivity contribution < 1.29 is 9.59 Å². The summed E-state index contributed by atoms with van der Waals surface area (Å²) in [5.74, 6) is -1.06. The molecule has 0 aliphatic heterocycles. The van der Waals surface area contributed by atoms with E-state index in [9.17, 15) is 14.9 Å². The van der Waals surface area contributed by atoms with Gasteiger partial charge in [0.15, 0.2) is 0 Å². The van der Waals surface area contributed by atoms with Gasteiger partial charge in [0.1, 0.15) is 0 Å². The van der Waals surface area contributed by atoms with Gasteiger partial charge in [-0.15, -0.1) is 5.01 Å². The third-order valence-corrected chi connectivity index (χ3v) is 3.92. The molecule has 0 aliphatic rings. The van der Waals surface area contributed by atoms with Gasteiger partial charge in [0.25, 0.3) is 11.8 Å². The second kappa shape index (κ2) is 7.59. The van der Waals surface area contributed by atoms with Crippen LogP contribution in [0.3, 0.4) is 0 Å². The van der Waals surface area contributed by atoms with Crippen LogP contribution in [-0.2, 0) is 0 Å². The van der Waals surface area contributed by atoms with Crippen LogP contribution in [0, 0.1) is 18.4 Å². The molecule has 26 heavy (non-hydrogen) atoms. The highest BCUT2D eigenvalue weighted by Gasteiger charge is 2.36. The van der Waals surface area contributed by atoms with Crippen LogP contribution in [0.25, 0.3) is 0 Å². The number of nitrogens with zero attached hydrogens (tertiary/aromatic N) is 3. The smallest absolute Gasteiger partial charge is 0.267 e. The molecule has 2 rings (SSSR count). The SMILES string of the molecule is Cc1ccc(C(=O)N(C#N)N(C(=O)c2cccc(Cl)c2)C(C)(C)C)cc1. The minimum Gasteiger partial charge on any atom is -0.267 e. The van der Waals surface area contributed by atoms with Crippen LogP contribution in [0.5, 0.6) is 0 Å². The summed E-state index contributed by atoms with van der Waals surface area (Å²) in [6, 6.07) is 13.2. The van der Waals surface area contributed by atoms with E-state index in [0.717, 1.165) is 15.6 Å². The lowest BCUT2D eigenvalue weighted by atomic mass is 10.1. The summed E-state index contributed by atoms with van der Waals surface area (Å²) >= 11 is 5.98. The highest BCUT2D eigenvalue weighted by atomic mass is 35.5. The Kier molecular flexibility index (Phi) is 5.69. The van der Waals surface area contributed by atoms with E-state index in [4.69, 9.17) is 11.6 Å². The minimum atomic E-state index is -0.810. The van der Waals surface area contributed by atoms with Crippen LogP contribution in [0.1, 0.15) is 47.1 Å². The van der Waals surface area contributed by atoms with Crippen LogP contribution < -0.4 is 0 Å². The Bertz CT molecular complexity index is 864. The van der Waals surface area contributed by atoms with Crippen LogP contribution in [0.15, 0.2) is 48.5 Å². The number of benzene rings is 2. The Morgan fingerprint density at radius 2 is 1.62 bits per heavy atom. The zero-order chi connectivity index (χ0) is 19.5. The molecule has 134 valence electrons. The Hall–Kier alpha value is -2.84. The summed E-state index contributed by atoms with van der Waals surface area (Å²) in [5, 5.41) is 12.0. The molecule has 0 bridgehead atoms. The van der Waals surface area contributed by atoms with Gasteiger partial charge < -0.3 is 0 Å². The van der Waals surface area contributed by atoms with Crippen molar-refractivity contribution in [1.29, 1.82) is 5.26 Å². The average Bonchev–Trinajstić information content (AvgIpc) is 2.58. The lowest BCUT2D eigenvalue weighted by molar-refractivity contribution is -0.0167. The molecule has 0 fully saturated rings. The molecule has 0 saturated heterocycles. The van der Waals surface area contributed by atoms with E-state index in [2.05, 4.69) is 0 Å². The molecule has 0 saturated carbocycles. The zero-order valence-corrected chi connectivity index (χ0v) is 15.9.